The zero-order valence-electron chi connectivity index (χ0n) is 17.2. The van der Waals surface area contributed by atoms with Gasteiger partial charge in [0.2, 0.25) is 5.91 Å². The lowest BCUT2D eigenvalue weighted by Crippen LogP contribution is -2.47. The fourth-order valence-electron chi connectivity index (χ4n) is 4.81. The highest BCUT2D eigenvalue weighted by atomic mass is 32.1. The number of piperidine rings is 2. The molecule has 0 N–H and O–H groups in total. The van der Waals surface area contributed by atoms with E-state index < -0.39 is 0 Å². The van der Waals surface area contributed by atoms with Gasteiger partial charge in [-0.2, -0.15) is 0 Å². The molecule has 0 unspecified atom stereocenters. The van der Waals surface area contributed by atoms with Crippen molar-refractivity contribution in [3.63, 3.8) is 0 Å². The van der Waals surface area contributed by atoms with Crippen molar-refractivity contribution in [1.29, 1.82) is 0 Å². The Labute approximate surface area is 181 Å². The number of hydrogen-bond acceptors (Lipinski definition) is 5. The summed E-state index contributed by atoms with van der Waals surface area (Å²) in [7, 11) is 0. The van der Waals surface area contributed by atoms with Crippen LogP contribution in [-0.4, -0.2) is 47.0 Å². The number of thiazole rings is 1. The van der Waals surface area contributed by atoms with Crippen LogP contribution in [0, 0.1) is 11.8 Å². The maximum atomic E-state index is 13.2. The number of aromatic nitrogens is 2. The van der Waals surface area contributed by atoms with E-state index >= 15 is 0 Å². The van der Waals surface area contributed by atoms with Gasteiger partial charge in [0.1, 0.15) is 10.3 Å². The molecule has 0 saturated carbocycles. The number of likely N-dealkylation sites (tertiary alicyclic amines) is 1. The first kappa shape index (κ1) is 19.5. The van der Waals surface area contributed by atoms with Crippen molar-refractivity contribution in [2.45, 2.75) is 32.1 Å². The lowest BCUT2D eigenvalue weighted by Gasteiger charge is -2.37. The first-order valence-corrected chi connectivity index (χ1v) is 11.9. The molecule has 1 aromatic carbocycles. The van der Waals surface area contributed by atoms with E-state index in [0.29, 0.717) is 11.8 Å². The second kappa shape index (κ2) is 8.72. The van der Waals surface area contributed by atoms with Gasteiger partial charge in [-0.3, -0.25) is 4.79 Å². The normalized spacial score (nSPS) is 20.6. The molecular weight excluding hydrogens is 392 g/mol. The summed E-state index contributed by atoms with van der Waals surface area (Å²) in [5.41, 5.74) is 2.36. The Bertz CT molecular complexity index is 964. The molecule has 156 valence electrons. The van der Waals surface area contributed by atoms with E-state index in [2.05, 4.69) is 45.1 Å². The largest absolute Gasteiger partial charge is 0.347 e. The SMILES string of the molecule is O=C([C@H]1CCCN(c2nc3cccnc3s2)C1)N1CCC(Cc2ccccc2)CC1. The van der Waals surface area contributed by atoms with Crippen molar-refractivity contribution in [1.82, 2.24) is 14.9 Å². The van der Waals surface area contributed by atoms with Crippen molar-refractivity contribution >= 4 is 32.7 Å². The Morgan fingerprint density at radius 1 is 1.03 bits per heavy atom. The third kappa shape index (κ3) is 4.19. The molecule has 1 atom stereocenters. The molecule has 1 amide bonds. The number of carbonyl (C=O) groups excluding carboxylic acids is 1. The first-order valence-electron chi connectivity index (χ1n) is 11.1. The van der Waals surface area contributed by atoms with E-state index in [-0.39, 0.29) is 5.92 Å². The van der Waals surface area contributed by atoms with Crippen LogP contribution in [0.3, 0.4) is 0 Å². The summed E-state index contributed by atoms with van der Waals surface area (Å²) >= 11 is 1.63. The van der Waals surface area contributed by atoms with Gasteiger partial charge in [0.05, 0.1) is 5.92 Å². The lowest BCUT2D eigenvalue weighted by molar-refractivity contribution is -0.137. The predicted molar refractivity (Wildman–Crippen MR) is 122 cm³/mol. The number of hydrogen-bond donors (Lipinski definition) is 0. The van der Waals surface area contributed by atoms with E-state index in [0.717, 1.165) is 73.8 Å². The van der Waals surface area contributed by atoms with Crippen LogP contribution in [0.4, 0.5) is 5.13 Å². The van der Waals surface area contributed by atoms with Crippen molar-refractivity contribution in [2.75, 3.05) is 31.1 Å². The van der Waals surface area contributed by atoms with Crippen LogP contribution in [-0.2, 0) is 11.2 Å². The molecule has 2 aliphatic rings. The maximum absolute atomic E-state index is 13.2. The smallest absolute Gasteiger partial charge is 0.227 e. The summed E-state index contributed by atoms with van der Waals surface area (Å²) in [4.78, 5) is 27.8. The van der Waals surface area contributed by atoms with Crippen LogP contribution in [0.25, 0.3) is 10.3 Å². The average Bonchev–Trinajstić information content (AvgIpc) is 3.24. The summed E-state index contributed by atoms with van der Waals surface area (Å²) in [6, 6.07) is 14.7. The van der Waals surface area contributed by atoms with Gasteiger partial charge in [-0.1, -0.05) is 41.7 Å². The van der Waals surface area contributed by atoms with Gasteiger partial charge in [-0.05, 0) is 55.7 Å². The molecule has 5 rings (SSSR count). The molecule has 2 saturated heterocycles. The minimum Gasteiger partial charge on any atom is -0.347 e. The zero-order valence-corrected chi connectivity index (χ0v) is 18.1. The molecule has 0 radical (unpaired) electrons. The second-order valence-electron chi connectivity index (χ2n) is 8.57. The third-order valence-electron chi connectivity index (χ3n) is 6.49. The molecule has 4 heterocycles. The van der Waals surface area contributed by atoms with Gasteiger partial charge in [-0.15, -0.1) is 0 Å². The Morgan fingerprint density at radius 2 is 1.87 bits per heavy atom. The van der Waals surface area contributed by atoms with Gasteiger partial charge in [0.25, 0.3) is 0 Å². The zero-order chi connectivity index (χ0) is 20.3. The molecule has 0 aliphatic carbocycles. The van der Waals surface area contributed by atoms with Crippen LogP contribution >= 0.6 is 11.3 Å². The third-order valence-corrected chi connectivity index (χ3v) is 7.53. The van der Waals surface area contributed by atoms with Crippen LogP contribution in [0.2, 0.25) is 0 Å². The lowest BCUT2D eigenvalue weighted by atomic mass is 9.89. The Morgan fingerprint density at radius 3 is 2.67 bits per heavy atom. The molecule has 2 fully saturated rings. The minimum atomic E-state index is 0.0874. The van der Waals surface area contributed by atoms with E-state index in [1.54, 1.807) is 11.3 Å². The topological polar surface area (TPSA) is 49.3 Å². The molecule has 30 heavy (non-hydrogen) atoms. The first-order chi connectivity index (χ1) is 14.8. The highest BCUT2D eigenvalue weighted by Crippen LogP contribution is 2.31. The number of fused-ring (bicyclic) bond motifs is 1. The van der Waals surface area contributed by atoms with Crippen molar-refractivity contribution in [2.24, 2.45) is 11.8 Å². The van der Waals surface area contributed by atoms with Crippen LogP contribution < -0.4 is 4.90 Å². The van der Waals surface area contributed by atoms with Gasteiger partial charge in [0, 0.05) is 32.4 Å². The van der Waals surface area contributed by atoms with Gasteiger partial charge >= 0.3 is 0 Å². The van der Waals surface area contributed by atoms with Gasteiger partial charge < -0.3 is 9.80 Å². The van der Waals surface area contributed by atoms with E-state index in [9.17, 15) is 4.79 Å². The molecule has 0 spiro atoms. The summed E-state index contributed by atoms with van der Waals surface area (Å²) in [6.45, 7) is 3.56. The Balaban J connectivity index is 1.18. The van der Waals surface area contributed by atoms with E-state index in [1.807, 2.05) is 18.3 Å². The van der Waals surface area contributed by atoms with Crippen LogP contribution in [0.1, 0.15) is 31.2 Å². The quantitative estimate of drug-likeness (QED) is 0.628. The molecule has 5 nitrogen and oxygen atoms in total. The predicted octanol–water partition coefficient (Wildman–Crippen LogP) is 4.39. The molecule has 3 aromatic rings. The van der Waals surface area contributed by atoms with E-state index in [4.69, 9.17) is 4.98 Å². The number of anilines is 1. The van der Waals surface area contributed by atoms with Gasteiger partial charge in [0.15, 0.2) is 5.13 Å². The Hall–Kier alpha value is -2.47. The van der Waals surface area contributed by atoms with Crippen molar-refractivity contribution in [3.05, 3.63) is 54.2 Å². The number of nitrogens with zero attached hydrogens (tertiary/aromatic N) is 4. The van der Waals surface area contributed by atoms with Crippen LogP contribution in [0.15, 0.2) is 48.7 Å². The number of rotatable bonds is 4. The summed E-state index contributed by atoms with van der Waals surface area (Å²) in [5, 5.41) is 1.00. The molecular formula is C24H28N4OS. The van der Waals surface area contributed by atoms with Crippen molar-refractivity contribution in [3.8, 4) is 0 Å². The number of amides is 1. The maximum Gasteiger partial charge on any atom is 0.227 e. The highest BCUT2D eigenvalue weighted by molar-refractivity contribution is 7.21. The number of pyridine rings is 1. The molecule has 2 aromatic heterocycles. The second-order valence-corrected chi connectivity index (χ2v) is 9.52. The Kier molecular flexibility index (Phi) is 5.67. The molecule has 0 bridgehead atoms. The number of benzene rings is 1. The highest BCUT2D eigenvalue weighted by Gasteiger charge is 2.32. The van der Waals surface area contributed by atoms with E-state index in [1.165, 1.54) is 5.56 Å². The summed E-state index contributed by atoms with van der Waals surface area (Å²) in [6.07, 6.45) is 7.20. The fourth-order valence-corrected chi connectivity index (χ4v) is 5.75. The standard InChI is InChI=1S/C24H28N4OS/c29-23(27-14-10-19(11-15-27)16-18-6-2-1-3-7-18)20-8-5-13-28(17-20)24-26-21-9-4-12-25-22(21)30-24/h1-4,6-7,9,12,19-20H,5,8,10-11,13-17H2/t20-/m0/s1. The van der Waals surface area contributed by atoms with Crippen LogP contribution in [0.5, 0.6) is 0 Å². The molecule has 2 aliphatic heterocycles. The molecule has 6 heteroatoms. The minimum absolute atomic E-state index is 0.0874. The summed E-state index contributed by atoms with van der Waals surface area (Å²) in [5.74, 6) is 1.12. The number of carbonyl (C=O) groups is 1. The summed E-state index contributed by atoms with van der Waals surface area (Å²) < 4.78 is 0. The van der Waals surface area contributed by atoms with Crippen molar-refractivity contribution < 1.29 is 4.79 Å². The fraction of sp³-hybridized carbons (Fsp3) is 0.458. The van der Waals surface area contributed by atoms with Gasteiger partial charge in [-0.25, -0.2) is 9.97 Å². The monoisotopic (exact) mass is 420 g/mol. The average molecular weight is 421 g/mol.